The van der Waals surface area contributed by atoms with E-state index in [9.17, 15) is 4.79 Å². The molecule has 3 aromatic rings. The molecule has 5 nitrogen and oxygen atoms in total. The van der Waals surface area contributed by atoms with Gasteiger partial charge in [-0.15, -0.1) is 0 Å². The molecule has 0 N–H and O–H groups in total. The zero-order valence-corrected chi connectivity index (χ0v) is 20.0. The maximum atomic E-state index is 12.9. The summed E-state index contributed by atoms with van der Waals surface area (Å²) in [6.45, 7) is 6.70. The number of thioether (sulfide) groups is 1. The second kappa shape index (κ2) is 9.71. The number of nitrogens with zero attached hydrogens (tertiary/aromatic N) is 3. The van der Waals surface area contributed by atoms with Crippen LogP contribution in [0.5, 0.6) is 5.75 Å². The van der Waals surface area contributed by atoms with E-state index in [-0.39, 0.29) is 11.9 Å². The Bertz CT molecular complexity index is 1150. The molecule has 4 rings (SSSR count). The molecule has 0 bridgehead atoms. The van der Waals surface area contributed by atoms with Gasteiger partial charge in [0.1, 0.15) is 10.1 Å². The van der Waals surface area contributed by atoms with Gasteiger partial charge >= 0.3 is 0 Å². The minimum absolute atomic E-state index is 0.0237. The fraction of sp³-hybridized carbons (Fsp3) is 0.240. The van der Waals surface area contributed by atoms with Crippen LogP contribution in [0.25, 0.3) is 23.0 Å². The van der Waals surface area contributed by atoms with E-state index in [1.165, 1.54) is 11.8 Å². The summed E-state index contributed by atoms with van der Waals surface area (Å²) in [6.07, 6.45) is 4.81. The molecular formula is C25H25N3O2S2. The van der Waals surface area contributed by atoms with Gasteiger partial charge in [0, 0.05) is 23.4 Å². The van der Waals surface area contributed by atoms with Crippen LogP contribution < -0.4 is 4.74 Å². The molecule has 0 unspecified atom stereocenters. The summed E-state index contributed by atoms with van der Waals surface area (Å²) in [5, 5.41) is 4.85. The summed E-state index contributed by atoms with van der Waals surface area (Å²) in [5.74, 6) is 0.772. The quantitative estimate of drug-likeness (QED) is 0.321. The van der Waals surface area contributed by atoms with Crippen molar-refractivity contribution < 1.29 is 9.53 Å². The predicted molar refractivity (Wildman–Crippen MR) is 135 cm³/mol. The molecule has 1 saturated heterocycles. The van der Waals surface area contributed by atoms with E-state index in [4.69, 9.17) is 22.1 Å². The van der Waals surface area contributed by atoms with Gasteiger partial charge in [-0.05, 0) is 62.7 Å². The average Bonchev–Trinajstić information content (AvgIpc) is 3.34. The van der Waals surface area contributed by atoms with Crippen LogP contribution in [-0.2, 0) is 4.79 Å². The van der Waals surface area contributed by atoms with Crippen molar-refractivity contribution in [3.8, 4) is 22.7 Å². The molecule has 0 atom stereocenters. The number of para-hydroxylation sites is 1. The highest BCUT2D eigenvalue weighted by atomic mass is 32.2. The Morgan fingerprint density at radius 2 is 1.84 bits per heavy atom. The highest BCUT2D eigenvalue weighted by molar-refractivity contribution is 8.26. The summed E-state index contributed by atoms with van der Waals surface area (Å²) < 4.78 is 8.14. The van der Waals surface area contributed by atoms with Gasteiger partial charge in [-0.25, -0.2) is 4.68 Å². The van der Waals surface area contributed by atoms with Crippen LogP contribution in [0.1, 0.15) is 32.8 Å². The lowest BCUT2D eigenvalue weighted by Gasteiger charge is -2.18. The zero-order chi connectivity index (χ0) is 22.7. The number of carbonyl (C=O) groups excluding carboxylic acids is 1. The zero-order valence-electron chi connectivity index (χ0n) is 18.3. The Balaban J connectivity index is 1.75. The lowest BCUT2D eigenvalue weighted by molar-refractivity contribution is -0.123. The normalized spacial score (nSPS) is 15.2. The molecule has 0 spiro atoms. The summed E-state index contributed by atoms with van der Waals surface area (Å²) >= 11 is 6.77. The number of aromatic nitrogens is 2. The van der Waals surface area contributed by atoms with Crippen LogP contribution in [0.3, 0.4) is 0 Å². The van der Waals surface area contributed by atoms with Gasteiger partial charge in [-0.1, -0.05) is 49.1 Å². The molecule has 1 aliphatic heterocycles. The summed E-state index contributed by atoms with van der Waals surface area (Å²) in [7, 11) is 0. The van der Waals surface area contributed by atoms with Gasteiger partial charge in [0.05, 0.1) is 22.9 Å². The highest BCUT2D eigenvalue weighted by Gasteiger charge is 2.34. The maximum absolute atomic E-state index is 12.9. The second-order valence-corrected chi connectivity index (χ2v) is 9.41. The Labute approximate surface area is 198 Å². The minimum atomic E-state index is -0.0586. The first-order chi connectivity index (χ1) is 15.5. The van der Waals surface area contributed by atoms with E-state index >= 15 is 0 Å². The third kappa shape index (κ3) is 4.64. The van der Waals surface area contributed by atoms with Crippen LogP contribution in [0.4, 0.5) is 0 Å². The number of amides is 1. The molecule has 0 saturated carbocycles. The van der Waals surface area contributed by atoms with E-state index < -0.39 is 0 Å². The van der Waals surface area contributed by atoms with Gasteiger partial charge in [0.25, 0.3) is 5.91 Å². The predicted octanol–water partition coefficient (Wildman–Crippen LogP) is 5.94. The largest absolute Gasteiger partial charge is 0.494 e. The summed E-state index contributed by atoms with van der Waals surface area (Å²) in [6, 6.07) is 17.9. The molecule has 164 valence electrons. The fourth-order valence-corrected chi connectivity index (χ4v) is 4.94. The second-order valence-electron chi connectivity index (χ2n) is 7.73. The van der Waals surface area contributed by atoms with Crippen LogP contribution in [-0.4, -0.2) is 37.6 Å². The van der Waals surface area contributed by atoms with Gasteiger partial charge in [0.15, 0.2) is 0 Å². The van der Waals surface area contributed by atoms with E-state index in [1.54, 1.807) is 4.90 Å². The molecule has 0 radical (unpaired) electrons. The molecule has 1 fully saturated rings. The van der Waals surface area contributed by atoms with E-state index in [2.05, 4.69) is 6.92 Å². The van der Waals surface area contributed by atoms with E-state index in [0.717, 1.165) is 34.7 Å². The number of rotatable bonds is 7. The summed E-state index contributed by atoms with van der Waals surface area (Å²) in [5.41, 5.74) is 3.56. The first-order valence-electron chi connectivity index (χ1n) is 10.6. The first kappa shape index (κ1) is 22.3. The van der Waals surface area contributed by atoms with Crippen molar-refractivity contribution in [3.05, 3.63) is 71.3 Å². The van der Waals surface area contributed by atoms with Crippen LogP contribution in [0.2, 0.25) is 0 Å². The molecule has 0 aliphatic carbocycles. The van der Waals surface area contributed by atoms with E-state index in [1.807, 2.05) is 85.4 Å². The van der Waals surface area contributed by atoms with Gasteiger partial charge < -0.3 is 4.74 Å². The Morgan fingerprint density at radius 3 is 2.47 bits per heavy atom. The molecule has 2 heterocycles. The molecule has 32 heavy (non-hydrogen) atoms. The minimum Gasteiger partial charge on any atom is -0.494 e. The van der Waals surface area contributed by atoms with Crippen LogP contribution in [0.15, 0.2) is 65.7 Å². The topological polar surface area (TPSA) is 47.4 Å². The number of hydrogen-bond acceptors (Lipinski definition) is 5. The third-order valence-corrected chi connectivity index (χ3v) is 6.32. The Morgan fingerprint density at radius 1 is 1.12 bits per heavy atom. The van der Waals surface area contributed by atoms with E-state index in [0.29, 0.717) is 15.8 Å². The van der Waals surface area contributed by atoms with Crippen molar-refractivity contribution in [3.63, 3.8) is 0 Å². The lowest BCUT2D eigenvalue weighted by atomic mass is 10.1. The SMILES string of the molecule is CCCOc1ccc(-c2nn(-c3ccccc3)cc2/C=C2\SC(=S)N(C(C)C)C2=O)cc1. The van der Waals surface area contributed by atoms with Crippen molar-refractivity contribution in [2.75, 3.05) is 6.61 Å². The number of ether oxygens (including phenoxy) is 1. The third-order valence-electron chi connectivity index (χ3n) is 4.99. The van der Waals surface area contributed by atoms with Crippen molar-refractivity contribution in [1.29, 1.82) is 0 Å². The van der Waals surface area contributed by atoms with Gasteiger partial charge in [-0.3, -0.25) is 9.69 Å². The fourth-order valence-electron chi connectivity index (χ4n) is 3.43. The number of carbonyl (C=O) groups is 1. The molecule has 2 aromatic carbocycles. The molecular weight excluding hydrogens is 438 g/mol. The lowest BCUT2D eigenvalue weighted by Crippen LogP contribution is -2.34. The maximum Gasteiger partial charge on any atom is 0.266 e. The number of thiocarbonyl (C=S) groups is 1. The van der Waals surface area contributed by atoms with Gasteiger partial charge in [-0.2, -0.15) is 5.10 Å². The van der Waals surface area contributed by atoms with Gasteiger partial charge in [0.2, 0.25) is 0 Å². The van der Waals surface area contributed by atoms with Crippen LogP contribution >= 0.6 is 24.0 Å². The van der Waals surface area contributed by atoms with Crippen molar-refractivity contribution >= 4 is 40.3 Å². The van der Waals surface area contributed by atoms with Crippen molar-refractivity contribution in [2.24, 2.45) is 0 Å². The monoisotopic (exact) mass is 463 g/mol. The number of benzene rings is 2. The molecule has 1 aromatic heterocycles. The van der Waals surface area contributed by atoms with Crippen LogP contribution in [0, 0.1) is 0 Å². The summed E-state index contributed by atoms with van der Waals surface area (Å²) in [4.78, 5) is 15.2. The standard InChI is InChI=1S/C25H25N3O2S2/c1-4-14-30-21-12-10-18(11-13-21)23-19(16-27(26-23)20-8-6-5-7-9-20)15-22-24(29)28(17(2)3)25(31)32-22/h5-13,15-17H,4,14H2,1-3H3/b22-15-. The molecule has 1 aliphatic rings. The first-order valence-corrected chi connectivity index (χ1v) is 11.9. The van der Waals surface area contributed by atoms with Crippen molar-refractivity contribution in [1.82, 2.24) is 14.7 Å². The smallest absolute Gasteiger partial charge is 0.266 e. The molecule has 7 heteroatoms. The average molecular weight is 464 g/mol. The highest BCUT2D eigenvalue weighted by Crippen LogP contribution is 2.36. The number of hydrogen-bond donors (Lipinski definition) is 0. The Kier molecular flexibility index (Phi) is 6.77. The molecule has 1 amide bonds. The van der Waals surface area contributed by atoms with Crippen molar-refractivity contribution in [2.45, 2.75) is 33.2 Å². The Hall–Kier alpha value is -2.90.